The van der Waals surface area contributed by atoms with Gasteiger partial charge < -0.3 is 4.74 Å². The zero-order chi connectivity index (χ0) is 20.4. The van der Waals surface area contributed by atoms with Crippen molar-refractivity contribution in [3.05, 3.63) is 97.6 Å². The Labute approximate surface area is 182 Å². The molecule has 0 aliphatic carbocycles. The minimum Gasteiger partial charge on any atom is -0.495 e. The Kier molecular flexibility index (Phi) is 5.49. The van der Waals surface area contributed by atoms with Crippen LogP contribution in [-0.4, -0.2) is 16.7 Å². The minimum absolute atomic E-state index is 0.123. The standard InChI is InChI=1S/C24H19IN2O2/c1-16-7-3-4-8-17(16)11-14-23-26-20-13-12-18(25)15-19(20)24(28)27(23)21-9-5-6-10-22(21)29-2/h3-15H,1-2H3/b14-11+. The number of fused-ring (bicyclic) bond motifs is 1. The van der Waals surface area contributed by atoms with Gasteiger partial charge in [-0.05, 0) is 77.0 Å². The molecule has 29 heavy (non-hydrogen) atoms. The highest BCUT2D eigenvalue weighted by molar-refractivity contribution is 14.1. The zero-order valence-corrected chi connectivity index (χ0v) is 18.3. The predicted octanol–water partition coefficient (Wildman–Crippen LogP) is 5.48. The normalized spacial score (nSPS) is 11.3. The summed E-state index contributed by atoms with van der Waals surface area (Å²) < 4.78 is 8.12. The molecule has 144 valence electrons. The summed E-state index contributed by atoms with van der Waals surface area (Å²) in [6.07, 6.45) is 3.87. The van der Waals surface area contributed by atoms with Gasteiger partial charge in [0.2, 0.25) is 0 Å². The highest BCUT2D eigenvalue weighted by Gasteiger charge is 2.14. The number of aromatic nitrogens is 2. The first-order chi connectivity index (χ1) is 14.1. The molecule has 0 bridgehead atoms. The van der Waals surface area contributed by atoms with Gasteiger partial charge in [0.15, 0.2) is 0 Å². The van der Waals surface area contributed by atoms with Crippen LogP contribution in [0.5, 0.6) is 5.75 Å². The molecule has 0 N–H and O–H groups in total. The van der Waals surface area contributed by atoms with Gasteiger partial charge in [0.25, 0.3) is 5.56 Å². The van der Waals surface area contributed by atoms with Crippen LogP contribution in [0.2, 0.25) is 0 Å². The Hall–Kier alpha value is -2.93. The number of aryl methyl sites for hydroxylation is 1. The van der Waals surface area contributed by atoms with Gasteiger partial charge in [-0.3, -0.25) is 9.36 Å². The topological polar surface area (TPSA) is 44.1 Å². The first-order valence-electron chi connectivity index (χ1n) is 9.18. The highest BCUT2D eigenvalue weighted by Crippen LogP contribution is 2.24. The van der Waals surface area contributed by atoms with Crippen LogP contribution in [0.3, 0.4) is 0 Å². The molecule has 1 heterocycles. The summed E-state index contributed by atoms with van der Waals surface area (Å²) >= 11 is 2.21. The fraction of sp³-hybridized carbons (Fsp3) is 0.0833. The highest BCUT2D eigenvalue weighted by atomic mass is 127. The first kappa shape index (κ1) is 19.4. The van der Waals surface area contributed by atoms with Crippen molar-refractivity contribution in [1.29, 1.82) is 0 Å². The van der Waals surface area contributed by atoms with Crippen molar-refractivity contribution in [1.82, 2.24) is 9.55 Å². The number of hydrogen-bond donors (Lipinski definition) is 0. The van der Waals surface area contributed by atoms with E-state index in [0.29, 0.717) is 28.2 Å². The molecule has 1 aromatic heterocycles. The molecular formula is C24H19IN2O2. The van der Waals surface area contributed by atoms with Gasteiger partial charge in [0, 0.05) is 3.57 Å². The van der Waals surface area contributed by atoms with Crippen molar-refractivity contribution in [2.45, 2.75) is 6.92 Å². The van der Waals surface area contributed by atoms with Gasteiger partial charge in [-0.1, -0.05) is 42.5 Å². The fourth-order valence-corrected chi connectivity index (χ4v) is 3.76. The molecule has 0 amide bonds. The van der Waals surface area contributed by atoms with Crippen LogP contribution in [0.25, 0.3) is 28.7 Å². The van der Waals surface area contributed by atoms with E-state index in [2.05, 4.69) is 35.6 Å². The number of para-hydroxylation sites is 2. The number of halogens is 1. The summed E-state index contributed by atoms with van der Waals surface area (Å²) in [6, 6.07) is 21.3. The van der Waals surface area contributed by atoms with Crippen LogP contribution >= 0.6 is 22.6 Å². The number of rotatable bonds is 4. The summed E-state index contributed by atoms with van der Waals surface area (Å²) in [6.45, 7) is 2.06. The molecule has 5 heteroatoms. The lowest BCUT2D eigenvalue weighted by molar-refractivity contribution is 0.412. The van der Waals surface area contributed by atoms with Gasteiger partial charge in [0.05, 0.1) is 23.7 Å². The van der Waals surface area contributed by atoms with Crippen LogP contribution in [-0.2, 0) is 0 Å². The molecule has 0 saturated heterocycles. The van der Waals surface area contributed by atoms with Gasteiger partial charge in [-0.2, -0.15) is 0 Å². The van der Waals surface area contributed by atoms with E-state index in [1.165, 1.54) is 0 Å². The number of benzene rings is 3. The van der Waals surface area contributed by atoms with Crippen LogP contribution in [0, 0.1) is 10.5 Å². The lowest BCUT2D eigenvalue weighted by Gasteiger charge is -2.14. The van der Waals surface area contributed by atoms with E-state index < -0.39 is 0 Å². The smallest absolute Gasteiger partial charge is 0.266 e. The van der Waals surface area contributed by atoms with E-state index in [4.69, 9.17) is 9.72 Å². The third-order valence-corrected chi connectivity index (χ3v) is 5.45. The Bertz CT molecular complexity index is 1290. The van der Waals surface area contributed by atoms with Crippen LogP contribution in [0.1, 0.15) is 17.0 Å². The molecule has 0 fully saturated rings. The molecule has 3 aromatic carbocycles. The van der Waals surface area contributed by atoms with Crippen molar-refractivity contribution in [3.63, 3.8) is 0 Å². The number of methoxy groups -OCH3 is 1. The number of ether oxygens (including phenoxy) is 1. The van der Waals surface area contributed by atoms with Crippen LogP contribution in [0.4, 0.5) is 0 Å². The largest absolute Gasteiger partial charge is 0.495 e. The molecule has 0 aliphatic heterocycles. The Morgan fingerprint density at radius 2 is 1.76 bits per heavy atom. The minimum atomic E-state index is -0.123. The quantitative estimate of drug-likeness (QED) is 0.353. The van der Waals surface area contributed by atoms with Gasteiger partial charge in [0.1, 0.15) is 11.6 Å². The molecule has 0 unspecified atom stereocenters. The number of nitrogens with zero attached hydrogens (tertiary/aromatic N) is 2. The Morgan fingerprint density at radius 3 is 2.55 bits per heavy atom. The summed E-state index contributed by atoms with van der Waals surface area (Å²) in [5.74, 6) is 1.17. The second-order valence-corrected chi connectivity index (χ2v) is 7.88. The lowest BCUT2D eigenvalue weighted by Crippen LogP contribution is -2.23. The molecule has 0 saturated carbocycles. The van der Waals surface area contributed by atoms with E-state index in [1.807, 2.05) is 72.8 Å². The Morgan fingerprint density at radius 1 is 1.00 bits per heavy atom. The SMILES string of the molecule is COc1ccccc1-n1c(/C=C/c2ccccc2C)nc2ccc(I)cc2c1=O. The van der Waals surface area contributed by atoms with E-state index in [-0.39, 0.29) is 5.56 Å². The first-order valence-corrected chi connectivity index (χ1v) is 10.3. The third-order valence-electron chi connectivity index (χ3n) is 4.78. The second-order valence-electron chi connectivity index (χ2n) is 6.63. The maximum Gasteiger partial charge on any atom is 0.266 e. The van der Waals surface area contributed by atoms with Crippen molar-refractivity contribution in [3.8, 4) is 11.4 Å². The van der Waals surface area contributed by atoms with E-state index in [1.54, 1.807) is 11.7 Å². The summed E-state index contributed by atoms with van der Waals surface area (Å²) in [4.78, 5) is 18.3. The molecule has 0 radical (unpaired) electrons. The van der Waals surface area contributed by atoms with E-state index in [0.717, 1.165) is 14.7 Å². The molecule has 0 spiro atoms. The summed E-state index contributed by atoms with van der Waals surface area (Å²) in [5, 5.41) is 0.579. The van der Waals surface area contributed by atoms with Crippen molar-refractivity contribution in [2.75, 3.05) is 7.11 Å². The van der Waals surface area contributed by atoms with Gasteiger partial charge >= 0.3 is 0 Å². The molecule has 4 nitrogen and oxygen atoms in total. The fourth-order valence-electron chi connectivity index (χ4n) is 3.27. The molecule has 4 aromatic rings. The zero-order valence-electron chi connectivity index (χ0n) is 16.1. The van der Waals surface area contributed by atoms with Crippen molar-refractivity contribution < 1.29 is 4.74 Å². The van der Waals surface area contributed by atoms with Crippen LogP contribution in [0.15, 0.2) is 71.5 Å². The molecular weight excluding hydrogens is 475 g/mol. The monoisotopic (exact) mass is 494 g/mol. The third kappa shape index (κ3) is 3.82. The summed E-state index contributed by atoms with van der Waals surface area (Å²) in [5.41, 5.74) is 3.45. The maximum absolute atomic E-state index is 13.5. The van der Waals surface area contributed by atoms with Crippen molar-refractivity contribution >= 4 is 45.6 Å². The molecule has 0 aliphatic rings. The summed E-state index contributed by atoms with van der Waals surface area (Å²) in [7, 11) is 1.60. The van der Waals surface area contributed by atoms with Crippen molar-refractivity contribution in [2.24, 2.45) is 0 Å². The van der Waals surface area contributed by atoms with Gasteiger partial charge in [-0.15, -0.1) is 0 Å². The van der Waals surface area contributed by atoms with E-state index >= 15 is 0 Å². The van der Waals surface area contributed by atoms with Crippen LogP contribution < -0.4 is 10.3 Å². The lowest BCUT2D eigenvalue weighted by atomic mass is 10.1. The average molecular weight is 494 g/mol. The Balaban J connectivity index is 2.01. The van der Waals surface area contributed by atoms with Gasteiger partial charge in [-0.25, -0.2) is 4.98 Å². The number of hydrogen-bond acceptors (Lipinski definition) is 3. The molecule has 0 atom stereocenters. The predicted molar refractivity (Wildman–Crippen MR) is 127 cm³/mol. The second kappa shape index (κ2) is 8.21. The molecule has 4 rings (SSSR count). The van der Waals surface area contributed by atoms with E-state index in [9.17, 15) is 4.79 Å². The average Bonchev–Trinajstić information content (AvgIpc) is 2.74. The maximum atomic E-state index is 13.5.